The van der Waals surface area contributed by atoms with Gasteiger partial charge in [-0.1, -0.05) is 6.92 Å². The molecule has 1 aromatic carbocycles. The molecule has 90 valence electrons. The standard InChI is InChI=1S/C13H16N2O2/c1-3-10-5-9(7-14)6-11(12(10)8-15)13(16)17-4-2/h5-6H,3-4,8,15H2,1-2H3. The van der Waals surface area contributed by atoms with Gasteiger partial charge in [-0.2, -0.15) is 5.26 Å². The average molecular weight is 232 g/mol. The molecule has 0 spiro atoms. The van der Waals surface area contributed by atoms with Gasteiger partial charge < -0.3 is 10.5 Å². The molecule has 0 bridgehead atoms. The van der Waals surface area contributed by atoms with E-state index in [1.807, 2.05) is 13.0 Å². The summed E-state index contributed by atoms with van der Waals surface area (Å²) in [5.74, 6) is -0.417. The van der Waals surface area contributed by atoms with Crippen LogP contribution in [0.5, 0.6) is 0 Å². The molecular weight excluding hydrogens is 216 g/mol. The predicted molar refractivity (Wildman–Crippen MR) is 64.4 cm³/mol. The van der Waals surface area contributed by atoms with E-state index < -0.39 is 5.97 Å². The molecule has 1 aromatic rings. The SMILES string of the molecule is CCOC(=O)c1cc(C#N)cc(CC)c1CN. The van der Waals surface area contributed by atoms with E-state index in [0.29, 0.717) is 17.7 Å². The fraction of sp³-hybridized carbons (Fsp3) is 0.385. The minimum Gasteiger partial charge on any atom is -0.462 e. The monoisotopic (exact) mass is 232 g/mol. The van der Waals surface area contributed by atoms with Crippen molar-refractivity contribution < 1.29 is 9.53 Å². The van der Waals surface area contributed by atoms with Crippen LogP contribution in [0.4, 0.5) is 0 Å². The van der Waals surface area contributed by atoms with E-state index in [1.165, 1.54) is 0 Å². The maximum atomic E-state index is 11.8. The summed E-state index contributed by atoms with van der Waals surface area (Å²) in [6, 6.07) is 5.35. The molecule has 0 unspecified atom stereocenters. The Labute approximate surface area is 101 Å². The van der Waals surface area contributed by atoms with Crippen LogP contribution in [0.3, 0.4) is 0 Å². The molecule has 0 aliphatic carbocycles. The number of hydrogen-bond donors (Lipinski definition) is 1. The van der Waals surface area contributed by atoms with Crippen molar-refractivity contribution in [2.75, 3.05) is 6.61 Å². The van der Waals surface area contributed by atoms with Gasteiger partial charge in [0.1, 0.15) is 0 Å². The highest BCUT2D eigenvalue weighted by Gasteiger charge is 2.16. The third-order valence-electron chi connectivity index (χ3n) is 2.55. The van der Waals surface area contributed by atoms with E-state index in [0.717, 1.165) is 17.5 Å². The lowest BCUT2D eigenvalue weighted by Gasteiger charge is -2.12. The summed E-state index contributed by atoms with van der Waals surface area (Å²) >= 11 is 0. The zero-order valence-corrected chi connectivity index (χ0v) is 10.1. The van der Waals surface area contributed by atoms with Crippen molar-refractivity contribution in [3.8, 4) is 6.07 Å². The van der Waals surface area contributed by atoms with E-state index in [1.54, 1.807) is 19.1 Å². The smallest absolute Gasteiger partial charge is 0.338 e. The highest BCUT2D eigenvalue weighted by Crippen LogP contribution is 2.19. The fourth-order valence-corrected chi connectivity index (χ4v) is 1.74. The van der Waals surface area contributed by atoms with Crippen LogP contribution in [0, 0.1) is 11.3 Å². The molecule has 2 N–H and O–H groups in total. The predicted octanol–water partition coefficient (Wildman–Crippen LogP) is 1.76. The second-order valence-corrected chi connectivity index (χ2v) is 3.55. The minimum absolute atomic E-state index is 0.267. The van der Waals surface area contributed by atoms with Crippen LogP contribution in [-0.4, -0.2) is 12.6 Å². The van der Waals surface area contributed by atoms with Crippen LogP contribution in [0.2, 0.25) is 0 Å². The highest BCUT2D eigenvalue weighted by atomic mass is 16.5. The first-order valence-corrected chi connectivity index (χ1v) is 5.60. The second kappa shape index (κ2) is 6.02. The number of nitrogens with two attached hydrogens (primary N) is 1. The summed E-state index contributed by atoms with van der Waals surface area (Å²) in [5.41, 5.74) is 8.22. The first kappa shape index (κ1) is 13.2. The van der Waals surface area contributed by atoms with Crippen molar-refractivity contribution in [3.63, 3.8) is 0 Å². The highest BCUT2D eigenvalue weighted by molar-refractivity contribution is 5.92. The van der Waals surface area contributed by atoms with Crippen molar-refractivity contribution in [2.24, 2.45) is 5.73 Å². The maximum Gasteiger partial charge on any atom is 0.338 e. The number of carbonyl (C=O) groups excluding carboxylic acids is 1. The summed E-state index contributed by atoms with van der Waals surface area (Å²) < 4.78 is 4.97. The largest absolute Gasteiger partial charge is 0.462 e. The molecule has 0 amide bonds. The topological polar surface area (TPSA) is 76.1 Å². The molecule has 0 saturated heterocycles. The number of nitrogens with zero attached hydrogens (tertiary/aromatic N) is 1. The van der Waals surface area contributed by atoms with Crippen LogP contribution >= 0.6 is 0 Å². The van der Waals surface area contributed by atoms with Gasteiger partial charge in [-0.05, 0) is 36.6 Å². The van der Waals surface area contributed by atoms with Crippen molar-refractivity contribution in [1.29, 1.82) is 5.26 Å². The zero-order valence-electron chi connectivity index (χ0n) is 10.1. The Morgan fingerprint density at radius 1 is 1.47 bits per heavy atom. The third-order valence-corrected chi connectivity index (χ3v) is 2.55. The zero-order chi connectivity index (χ0) is 12.8. The number of benzene rings is 1. The van der Waals surface area contributed by atoms with Crippen LogP contribution in [0.15, 0.2) is 12.1 Å². The van der Waals surface area contributed by atoms with E-state index in [-0.39, 0.29) is 6.54 Å². The first-order valence-electron chi connectivity index (χ1n) is 5.60. The van der Waals surface area contributed by atoms with Gasteiger partial charge in [-0.25, -0.2) is 4.79 Å². The molecular formula is C13H16N2O2. The Morgan fingerprint density at radius 3 is 2.65 bits per heavy atom. The molecule has 0 aliphatic rings. The molecule has 4 nitrogen and oxygen atoms in total. The number of rotatable bonds is 4. The lowest BCUT2D eigenvalue weighted by molar-refractivity contribution is 0.0525. The summed E-state index contributed by atoms with van der Waals surface area (Å²) in [5, 5.41) is 8.92. The van der Waals surface area contributed by atoms with E-state index in [9.17, 15) is 4.79 Å². The van der Waals surface area contributed by atoms with Crippen LogP contribution < -0.4 is 5.73 Å². The summed E-state index contributed by atoms with van der Waals surface area (Å²) in [4.78, 5) is 11.8. The van der Waals surface area contributed by atoms with Gasteiger partial charge in [0.15, 0.2) is 0 Å². The van der Waals surface area contributed by atoms with E-state index >= 15 is 0 Å². The van der Waals surface area contributed by atoms with Gasteiger partial charge in [0.05, 0.1) is 23.8 Å². The first-order chi connectivity index (χ1) is 8.17. The maximum absolute atomic E-state index is 11.8. The molecule has 0 fully saturated rings. The third kappa shape index (κ3) is 2.83. The number of esters is 1. The van der Waals surface area contributed by atoms with Crippen molar-refractivity contribution in [2.45, 2.75) is 26.8 Å². The Morgan fingerprint density at radius 2 is 2.18 bits per heavy atom. The molecule has 0 aromatic heterocycles. The van der Waals surface area contributed by atoms with Gasteiger partial charge in [0.25, 0.3) is 0 Å². The molecule has 0 atom stereocenters. The van der Waals surface area contributed by atoms with E-state index in [2.05, 4.69) is 0 Å². The molecule has 4 heteroatoms. The fourth-order valence-electron chi connectivity index (χ4n) is 1.74. The summed E-state index contributed by atoms with van der Waals surface area (Å²) in [6.45, 7) is 4.28. The molecule has 1 rings (SSSR count). The van der Waals surface area contributed by atoms with Crippen molar-refractivity contribution >= 4 is 5.97 Å². The van der Waals surface area contributed by atoms with Crippen LogP contribution in [0.25, 0.3) is 0 Å². The van der Waals surface area contributed by atoms with Crippen molar-refractivity contribution in [3.05, 3.63) is 34.4 Å². The van der Waals surface area contributed by atoms with Gasteiger partial charge in [0.2, 0.25) is 0 Å². The molecule has 0 saturated carbocycles. The second-order valence-electron chi connectivity index (χ2n) is 3.55. The molecule has 0 aliphatic heterocycles. The Bertz CT molecular complexity index is 461. The van der Waals surface area contributed by atoms with Gasteiger partial charge in [0, 0.05) is 6.54 Å². The minimum atomic E-state index is -0.417. The lowest BCUT2D eigenvalue weighted by Crippen LogP contribution is -2.13. The quantitative estimate of drug-likeness (QED) is 0.802. The number of carbonyl (C=O) groups is 1. The van der Waals surface area contributed by atoms with Gasteiger partial charge in [-0.15, -0.1) is 0 Å². The normalized spacial score (nSPS) is 9.76. The summed E-state index contributed by atoms with van der Waals surface area (Å²) in [7, 11) is 0. The average Bonchev–Trinajstić information content (AvgIpc) is 2.37. The Hall–Kier alpha value is -1.86. The molecule has 0 heterocycles. The van der Waals surface area contributed by atoms with Crippen molar-refractivity contribution in [1.82, 2.24) is 0 Å². The van der Waals surface area contributed by atoms with E-state index in [4.69, 9.17) is 15.7 Å². The molecule has 17 heavy (non-hydrogen) atoms. The number of nitriles is 1. The number of aryl methyl sites for hydroxylation is 1. The summed E-state index contributed by atoms with van der Waals surface area (Å²) in [6.07, 6.45) is 0.731. The van der Waals surface area contributed by atoms with Gasteiger partial charge >= 0.3 is 5.97 Å². The number of hydrogen-bond acceptors (Lipinski definition) is 4. The Kier molecular flexibility index (Phi) is 4.68. The van der Waals surface area contributed by atoms with Crippen LogP contribution in [0.1, 0.15) is 40.9 Å². The lowest BCUT2D eigenvalue weighted by atomic mass is 9.96. The Balaban J connectivity index is 3.35. The van der Waals surface area contributed by atoms with Crippen LogP contribution in [-0.2, 0) is 17.7 Å². The number of ether oxygens (including phenoxy) is 1. The molecule has 0 radical (unpaired) electrons. The van der Waals surface area contributed by atoms with Gasteiger partial charge in [-0.3, -0.25) is 0 Å².